The molecule has 3 N–H and O–H groups in total. The van der Waals surface area contributed by atoms with E-state index < -0.39 is 5.82 Å². The van der Waals surface area contributed by atoms with Gasteiger partial charge in [0.25, 0.3) is 0 Å². The first-order valence-corrected chi connectivity index (χ1v) is 10.8. The molecule has 0 amide bonds. The maximum atomic E-state index is 13.5. The standard InChI is InChI=1S/C22H23ClFN5O2/c23-17-7-13(1-2-18(17)24)29-22-16-8-20(28-14-3-5-25-10-14)21(9-19(16)26-12-27-22)31-15-4-6-30-11-15/h1-2,7-9,12,14-15,25,28H,3-6,10-11H2,(H,26,27,29)/t14?,15-/m0/s1. The van der Waals surface area contributed by atoms with Crippen molar-refractivity contribution >= 4 is 39.7 Å². The van der Waals surface area contributed by atoms with Crippen molar-refractivity contribution in [3.63, 3.8) is 0 Å². The first-order chi connectivity index (χ1) is 15.2. The molecule has 0 spiro atoms. The van der Waals surface area contributed by atoms with E-state index in [2.05, 4.69) is 25.9 Å². The fourth-order valence-electron chi connectivity index (χ4n) is 3.89. The zero-order valence-electron chi connectivity index (χ0n) is 16.8. The number of aromatic nitrogens is 2. The third kappa shape index (κ3) is 4.51. The van der Waals surface area contributed by atoms with Crippen LogP contribution in [0, 0.1) is 5.82 Å². The molecule has 1 unspecified atom stereocenters. The molecule has 2 atom stereocenters. The molecular formula is C22H23ClFN5O2. The number of nitrogens with one attached hydrogen (secondary N) is 3. The van der Waals surface area contributed by atoms with Crippen LogP contribution < -0.4 is 20.7 Å². The maximum Gasteiger partial charge on any atom is 0.145 e. The van der Waals surface area contributed by atoms with E-state index in [0.717, 1.165) is 48.3 Å². The van der Waals surface area contributed by atoms with Crippen molar-refractivity contribution in [3.05, 3.63) is 47.5 Å². The van der Waals surface area contributed by atoms with Crippen LogP contribution in [0.5, 0.6) is 5.75 Å². The zero-order chi connectivity index (χ0) is 21.2. The number of hydrogen-bond donors (Lipinski definition) is 3. The molecule has 0 aliphatic carbocycles. The van der Waals surface area contributed by atoms with Gasteiger partial charge in [0.1, 0.15) is 29.8 Å². The summed E-state index contributed by atoms with van der Waals surface area (Å²) in [6.45, 7) is 3.18. The molecule has 0 saturated carbocycles. The highest BCUT2D eigenvalue weighted by atomic mass is 35.5. The molecular weight excluding hydrogens is 421 g/mol. The third-order valence-corrected chi connectivity index (χ3v) is 5.81. The molecule has 2 aromatic carbocycles. The van der Waals surface area contributed by atoms with Gasteiger partial charge in [0.2, 0.25) is 0 Å². The SMILES string of the molecule is Fc1ccc(Nc2ncnc3cc(O[C@H]4CCOC4)c(NC4CCNC4)cc23)cc1Cl. The van der Waals surface area contributed by atoms with Crippen molar-refractivity contribution in [1.29, 1.82) is 0 Å². The van der Waals surface area contributed by atoms with Crippen molar-refractivity contribution in [2.45, 2.75) is 25.0 Å². The van der Waals surface area contributed by atoms with Crippen LogP contribution in [0.3, 0.4) is 0 Å². The number of rotatable bonds is 6. The number of anilines is 3. The minimum absolute atomic E-state index is 0.0282. The quantitative estimate of drug-likeness (QED) is 0.529. The predicted molar refractivity (Wildman–Crippen MR) is 119 cm³/mol. The highest BCUT2D eigenvalue weighted by Crippen LogP contribution is 2.35. The van der Waals surface area contributed by atoms with Crippen LogP contribution in [0.15, 0.2) is 36.7 Å². The van der Waals surface area contributed by atoms with Crippen LogP contribution in [0.2, 0.25) is 5.02 Å². The summed E-state index contributed by atoms with van der Waals surface area (Å²) in [6, 6.07) is 8.73. The van der Waals surface area contributed by atoms with Crippen LogP contribution in [-0.4, -0.2) is 48.4 Å². The fraction of sp³-hybridized carbons (Fsp3) is 0.364. The monoisotopic (exact) mass is 443 g/mol. The first-order valence-electron chi connectivity index (χ1n) is 10.4. The summed E-state index contributed by atoms with van der Waals surface area (Å²) >= 11 is 5.93. The molecule has 5 rings (SSSR count). The van der Waals surface area contributed by atoms with Gasteiger partial charge in [-0.25, -0.2) is 14.4 Å². The lowest BCUT2D eigenvalue weighted by atomic mass is 10.1. The van der Waals surface area contributed by atoms with Gasteiger partial charge in [0.05, 0.1) is 29.4 Å². The molecule has 3 heterocycles. The summed E-state index contributed by atoms with van der Waals surface area (Å²) in [7, 11) is 0. The molecule has 7 nitrogen and oxygen atoms in total. The summed E-state index contributed by atoms with van der Waals surface area (Å²) in [4.78, 5) is 8.83. The Morgan fingerprint density at radius 3 is 2.90 bits per heavy atom. The van der Waals surface area contributed by atoms with Gasteiger partial charge in [-0.15, -0.1) is 0 Å². The Labute approximate surface area is 184 Å². The second-order valence-corrected chi connectivity index (χ2v) is 8.19. The van der Waals surface area contributed by atoms with Gasteiger partial charge in [-0.05, 0) is 37.2 Å². The van der Waals surface area contributed by atoms with E-state index in [4.69, 9.17) is 21.1 Å². The molecule has 2 fully saturated rings. The van der Waals surface area contributed by atoms with Crippen molar-refractivity contribution in [2.75, 3.05) is 36.9 Å². The molecule has 0 bridgehead atoms. The third-order valence-electron chi connectivity index (χ3n) is 5.52. The Hall–Kier alpha value is -2.68. The number of ether oxygens (including phenoxy) is 2. The van der Waals surface area contributed by atoms with Gasteiger partial charge in [-0.3, -0.25) is 0 Å². The average molecular weight is 444 g/mol. The summed E-state index contributed by atoms with van der Waals surface area (Å²) in [5, 5.41) is 11.1. The minimum Gasteiger partial charge on any atom is -0.486 e. The molecule has 2 aliphatic heterocycles. The average Bonchev–Trinajstić information content (AvgIpc) is 3.46. The van der Waals surface area contributed by atoms with Crippen LogP contribution in [0.25, 0.3) is 10.9 Å². The molecule has 31 heavy (non-hydrogen) atoms. The fourth-order valence-corrected chi connectivity index (χ4v) is 4.07. The number of hydrogen-bond acceptors (Lipinski definition) is 7. The Morgan fingerprint density at radius 2 is 2.13 bits per heavy atom. The predicted octanol–water partition coefficient (Wildman–Crippen LogP) is 4.11. The Kier molecular flexibility index (Phi) is 5.76. The van der Waals surface area contributed by atoms with E-state index in [0.29, 0.717) is 30.8 Å². The van der Waals surface area contributed by atoms with Crippen molar-refractivity contribution in [3.8, 4) is 5.75 Å². The second-order valence-electron chi connectivity index (χ2n) is 7.78. The molecule has 2 saturated heterocycles. The molecule has 9 heteroatoms. The summed E-state index contributed by atoms with van der Waals surface area (Å²) in [5.41, 5.74) is 2.28. The molecule has 162 valence electrons. The molecule has 2 aliphatic rings. The lowest BCUT2D eigenvalue weighted by Gasteiger charge is -2.21. The Morgan fingerprint density at radius 1 is 1.19 bits per heavy atom. The van der Waals surface area contributed by atoms with Gasteiger partial charge in [0, 0.05) is 36.1 Å². The molecule has 0 radical (unpaired) electrons. The highest BCUT2D eigenvalue weighted by Gasteiger charge is 2.22. The first kappa shape index (κ1) is 20.2. The summed E-state index contributed by atoms with van der Waals surface area (Å²) in [6.07, 6.45) is 3.42. The van der Waals surface area contributed by atoms with E-state index in [1.54, 1.807) is 6.07 Å². The van der Waals surface area contributed by atoms with Crippen LogP contribution >= 0.6 is 11.6 Å². The number of nitrogens with zero attached hydrogens (tertiary/aromatic N) is 2. The zero-order valence-corrected chi connectivity index (χ0v) is 17.6. The maximum absolute atomic E-state index is 13.5. The summed E-state index contributed by atoms with van der Waals surface area (Å²) in [5.74, 6) is 0.898. The van der Waals surface area contributed by atoms with Crippen LogP contribution in [0.1, 0.15) is 12.8 Å². The summed E-state index contributed by atoms with van der Waals surface area (Å²) < 4.78 is 25.3. The molecule has 1 aromatic heterocycles. The smallest absolute Gasteiger partial charge is 0.145 e. The highest BCUT2D eigenvalue weighted by molar-refractivity contribution is 6.31. The lowest BCUT2D eigenvalue weighted by molar-refractivity contribution is 0.142. The van der Waals surface area contributed by atoms with Gasteiger partial charge in [0.15, 0.2) is 0 Å². The Balaban J connectivity index is 1.51. The van der Waals surface area contributed by atoms with E-state index in [-0.39, 0.29) is 11.1 Å². The van der Waals surface area contributed by atoms with E-state index in [1.165, 1.54) is 18.5 Å². The van der Waals surface area contributed by atoms with Crippen molar-refractivity contribution < 1.29 is 13.9 Å². The van der Waals surface area contributed by atoms with Crippen molar-refractivity contribution in [1.82, 2.24) is 15.3 Å². The van der Waals surface area contributed by atoms with Gasteiger partial charge < -0.3 is 25.4 Å². The van der Waals surface area contributed by atoms with E-state index in [9.17, 15) is 4.39 Å². The van der Waals surface area contributed by atoms with Crippen molar-refractivity contribution in [2.24, 2.45) is 0 Å². The van der Waals surface area contributed by atoms with Crippen LogP contribution in [0.4, 0.5) is 21.6 Å². The largest absolute Gasteiger partial charge is 0.486 e. The molecule has 3 aromatic rings. The minimum atomic E-state index is -0.464. The number of halogens is 2. The Bertz CT molecular complexity index is 1090. The topological polar surface area (TPSA) is 80.3 Å². The number of benzene rings is 2. The van der Waals surface area contributed by atoms with E-state index in [1.807, 2.05) is 12.1 Å². The van der Waals surface area contributed by atoms with E-state index >= 15 is 0 Å². The van der Waals surface area contributed by atoms with Gasteiger partial charge in [-0.1, -0.05) is 11.6 Å². The number of fused-ring (bicyclic) bond motifs is 1. The van der Waals surface area contributed by atoms with Gasteiger partial charge >= 0.3 is 0 Å². The normalized spacial score (nSPS) is 20.8. The van der Waals surface area contributed by atoms with Crippen LogP contribution in [-0.2, 0) is 4.74 Å². The van der Waals surface area contributed by atoms with Gasteiger partial charge in [-0.2, -0.15) is 0 Å². The lowest BCUT2D eigenvalue weighted by Crippen LogP contribution is -2.23. The second kappa shape index (κ2) is 8.82.